The second-order valence-corrected chi connectivity index (χ2v) is 8.57. The minimum Gasteiger partial charge on any atom is -0.347 e. The van der Waals surface area contributed by atoms with Crippen LogP contribution >= 0.6 is 11.3 Å². The van der Waals surface area contributed by atoms with Gasteiger partial charge in [0.05, 0.1) is 16.8 Å². The van der Waals surface area contributed by atoms with E-state index >= 15 is 0 Å². The number of likely N-dealkylation sites (tertiary alicyclic amines) is 1. The molecule has 162 valence electrons. The van der Waals surface area contributed by atoms with Crippen molar-refractivity contribution in [2.75, 3.05) is 23.3 Å². The zero-order valence-electron chi connectivity index (χ0n) is 17.1. The number of hydrogen-bond donors (Lipinski definition) is 2. The molecule has 0 aromatic carbocycles. The van der Waals surface area contributed by atoms with E-state index in [9.17, 15) is 14.4 Å². The van der Waals surface area contributed by atoms with E-state index in [0.717, 1.165) is 12.8 Å². The highest BCUT2D eigenvalue weighted by Crippen LogP contribution is 2.45. The smallest absolute Gasteiger partial charge is 0.332 e. The van der Waals surface area contributed by atoms with E-state index < -0.39 is 6.03 Å². The molecule has 1 fully saturated rings. The highest BCUT2D eigenvalue weighted by Gasteiger charge is 2.34. The van der Waals surface area contributed by atoms with Crippen LogP contribution in [0, 0.1) is 0 Å². The number of amides is 4. The zero-order valence-corrected chi connectivity index (χ0v) is 17.9. The molecule has 0 radical (unpaired) electrons. The molecule has 2 N–H and O–H groups in total. The summed E-state index contributed by atoms with van der Waals surface area (Å²) in [5, 5.41) is 6.58. The molecule has 5 rings (SSSR count). The lowest BCUT2D eigenvalue weighted by Crippen LogP contribution is -2.49. The van der Waals surface area contributed by atoms with Gasteiger partial charge < -0.3 is 15.5 Å². The number of pyridine rings is 2. The van der Waals surface area contributed by atoms with Gasteiger partial charge in [0.25, 0.3) is 5.91 Å². The molecule has 1 unspecified atom stereocenters. The number of aromatic nitrogens is 2. The van der Waals surface area contributed by atoms with Crippen molar-refractivity contribution in [1.29, 1.82) is 0 Å². The van der Waals surface area contributed by atoms with Crippen LogP contribution in [0.3, 0.4) is 0 Å². The lowest BCUT2D eigenvalue weighted by atomic mass is 10.1. The molecule has 1 saturated heterocycles. The first kappa shape index (κ1) is 20.1. The predicted octanol–water partition coefficient (Wildman–Crippen LogP) is 3.28. The van der Waals surface area contributed by atoms with Crippen molar-refractivity contribution in [1.82, 2.24) is 20.2 Å². The summed E-state index contributed by atoms with van der Waals surface area (Å²) in [6.07, 6.45) is 6.10. The maximum absolute atomic E-state index is 13.2. The van der Waals surface area contributed by atoms with Crippen LogP contribution in [0.1, 0.15) is 22.5 Å². The molecule has 1 atom stereocenters. The standard InChI is InChI=1S/C22H20N6O3S/c1-2-16(29)27-11-5-6-13(12-27)25-20(30)19-18-17-14(8-10-24-21(17)32-19)28(22(31)26-18)15-7-3-4-9-23-15/h2-4,7-10,13H,1,5-6,11-12H2,(H,25,30)(H,26,31). The second-order valence-electron chi connectivity index (χ2n) is 7.57. The average molecular weight is 449 g/mol. The number of rotatable bonds is 4. The summed E-state index contributed by atoms with van der Waals surface area (Å²) in [4.78, 5) is 51.0. The van der Waals surface area contributed by atoms with Crippen LogP contribution in [0.2, 0.25) is 0 Å². The predicted molar refractivity (Wildman–Crippen MR) is 122 cm³/mol. The Kier molecular flexibility index (Phi) is 5.06. The van der Waals surface area contributed by atoms with Gasteiger partial charge in [-0.1, -0.05) is 12.6 Å². The van der Waals surface area contributed by atoms with Gasteiger partial charge in [-0.15, -0.1) is 11.3 Å². The summed E-state index contributed by atoms with van der Waals surface area (Å²) in [5.74, 6) is 0.0459. The summed E-state index contributed by atoms with van der Waals surface area (Å²) in [6, 6.07) is 6.51. The second kappa shape index (κ2) is 8.04. The van der Waals surface area contributed by atoms with Crippen LogP contribution in [0.15, 0.2) is 49.3 Å². The summed E-state index contributed by atoms with van der Waals surface area (Å²) in [7, 11) is 0. The molecule has 3 aromatic heterocycles. The molecule has 0 aliphatic carbocycles. The summed E-state index contributed by atoms with van der Waals surface area (Å²) in [5.41, 5.74) is 1.08. The van der Waals surface area contributed by atoms with E-state index in [1.54, 1.807) is 41.6 Å². The Balaban J connectivity index is 1.47. The van der Waals surface area contributed by atoms with Gasteiger partial charge in [-0.25, -0.2) is 19.7 Å². The molecule has 2 aliphatic rings. The average Bonchev–Trinajstić information content (AvgIpc) is 3.19. The van der Waals surface area contributed by atoms with Gasteiger partial charge in [0.2, 0.25) is 5.91 Å². The molecule has 0 bridgehead atoms. The Morgan fingerprint density at radius 2 is 2.12 bits per heavy atom. The maximum atomic E-state index is 13.2. The third-order valence-electron chi connectivity index (χ3n) is 5.57. The first-order chi connectivity index (χ1) is 15.6. The molecule has 10 heteroatoms. The summed E-state index contributed by atoms with van der Waals surface area (Å²) < 4.78 is 0. The normalized spacial score (nSPS) is 17.8. The molecule has 0 saturated carbocycles. The van der Waals surface area contributed by atoms with Crippen LogP contribution in [0.25, 0.3) is 10.2 Å². The van der Waals surface area contributed by atoms with Crippen molar-refractivity contribution in [2.45, 2.75) is 18.9 Å². The lowest BCUT2D eigenvalue weighted by molar-refractivity contribution is -0.127. The first-order valence-electron chi connectivity index (χ1n) is 10.2. The largest absolute Gasteiger partial charge is 0.347 e. The molecular weight excluding hydrogens is 428 g/mol. The Labute approximate surface area is 187 Å². The van der Waals surface area contributed by atoms with E-state index in [1.807, 2.05) is 0 Å². The summed E-state index contributed by atoms with van der Waals surface area (Å²) >= 11 is 1.23. The van der Waals surface area contributed by atoms with Crippen molar-refractivity contribution >= 4 is 56.6 Å². The van der Waals surface area contributed by atoms with Crippen LogP contribution in [-0.4, -0.2) is 51.8 Å². The van der Waals surface area contributed by atoms with Crippen LogP contribution in [0.4, 0.5) is 22.0 Å². The maximum Gasteiger partial charge on any atom is 0.332 e. The van der Waals surface area contributed by atoms with Gasteiger partial charge in [0.1, 0.15) is 15.5 Å². The van der Waals surface area contributed by atoms with Gasteiger partial charge in [-0.2, -0.15) is 0 Å². The molecule has 5 heterocycles. The van der Waals surface area contributed by atoms with Crippen LogP contribution in [0.5, 0.6) is 0 Å². The minimum absolute atomic E-state index is 0.142. The Bertz CT molecular complexity index is 1240. The van der Waals surface area contributed by atoms with Gasteiger partial charge in [-0.05, 0) is 37.1 Å². The van der Waals surface area contributed by atoms with Crippen molar-refractivity contribution in [2.24, 2.45) is 0 Å². The molecule has 0 spiro atoms. The third-order valence-corrected chi connectivity index (χ3v) is 6.67. The first-order valence-corrected chi connectivity index (χ1v) is 11.0. The fourth-order valence-corrected chi connectivity index (χ4v) is 5.16. The fourth-order valence-electron chi connectivity index (χ4n) is 4.13. The monoisotopic (exact) mass is 448 g/mol. The molecule has 2 aliphatic heterocycles. The molecule has 9 nitrogen and oxygen atoms in total. The molecular formula is C22H20N6O3S. The number of thiophene rings is 1. The number of nitrogens with one attached hydrogen (secondary N) is 2. The van der Waals surface area contributed by atoms with Gasteiger partial charge in [0, 0.05) is 31.5 Å². The van der Waals surface area contributed by atoms with E-state index in [4.69, 9.17) is 0 Å². The molecule has 4 amide bonds. The topological polar surface area (TPSA) is 108 Å². The number of nitrogens with zero attached hydrogens (tertiary/aromatic N) is 4. The van der Waals surface area contributed by atoms with E-state index in [-0.39, 0.29) is 17.9 Å². The number of anilines is 3. The van der Waals surface area contributed by atoms with Crippen LogP contribution < -0.4 is 15.5 Å². The van der Waals surface area contributed by atoms with Crippen molar-refractivity contribution in [3.8, 4) is 0 Å². The lowest BCUT2D eigenvalue weighted by Gasteiger charge is -2.32. The Morgan fingerprint density at radius 3 is 2.91 bits per heavy atom. The fraction of sp³-hybridized carbons (Fsp3) is 0.227. The number of hydrogen-bond acceptors (Lipinski definition) is 6. The summed E-state index contributed by atoms with van der Waals surface area (Å²) in [6.45, 7) is 4.62. The van der Waals surface area contributed by atoms with Gasteiger partial charge >= 0.3 is 6.03 Å². The minimum atomic E-state index is -0.392. The van der Waals surface area contributed by atoms with Gasteiger partial charge in [0.15, 0.2) is 0 Å². The highest BCUT2D eigenvalue weighted by molar-refractivity contribution is 7.21. The molecule has 3 aromatic rings. The van der Waals surface area contributed by atoms with Crippen molar-refractivity contribution < 1.29 is 14.4 Å². The van der Waals surface area contributed by atoms with Gasteiger partial charge in [-0.3, -0.25) is 9.59 Å². The Morgan fingerprint density at radius 1 is 1.25 bits per heavy atom. The zero-order chi connectivity index (χ0) is 22.2. The quantitative estimate of drug-likeness (QED) is 0.596. The number of piperidine rings is 1. The van der Waals surface area contributed by atoms with Crippen LogP contribution in [-0.2, 0) is 4.79 Å². The van der Waals surface area contributed by atoms with Crippen molar-refractivity contribution in [3.05, 3.63) is 54.2 Å². The molecule has 32 heavy (non-hydrogen) atoms. The Hall–Kier alpha value is -3.79. The number of carbonyl (C=O) groups excluding carboxylic acids is 3. The SMILES string of the molecule is C=CC(=O)N1CCCC(NC(=O)c2sc3nccc4c3c2NC(=O)N4c2ccccn2)C1. The number of urea groups is 1. The third kappa shape index (κ3) is 3.38. The van der Waals surface area contributed by atoms with E-state index in [1.165, 1.54) is 22.3 Å². The van der Waals surface area contributed by atoms with Crippen molar-refractivity contribution in [3.63, 3.8) is 0 Å². The van der Waals surface area contributed by atoms with E-state index in [0.29, 0.717) is 45.4 Å². The van der Waals surface area contributed by atoms with E-state index in [2.05, 4.69) is 27.2 Å². The number of carbonyl (C=O) groups is 3. The highest BCUT2D eigenvalue weighted by atomic mass is 32.1.